The summed E-state index contributed by atoms with van der Waals surface area (Å²) in [6.07, 6.45) is -4.61. The lowest BCUT2D eigenvalue weighted by molar-refractivity contribution is -0.137. The highest BCUT2D eigenvalue weighted by Gasteiger charge is 2.31. The van der Waals surface area contributed by atoms with Crippen LogP contribution in [0.25, 0.3) is 0 Å². The van der Waals surface area contributed by atoms with Crippen LogP contribution >= 0.6 is 0 Å². The van der Waals surface area contributed by atoms with Gasteiger partial charge in [0.05, 0.1) is 11.5 Å². The zero-order valence-electron chi connectivity index (χ0n) is 15.3. The van der Waals surface area contributed by atoms with Crippen molar-refractivity contribution in [2.24, 2.45) is 0 Å². The van der Waals surface area contributed by atoms with E-state index in [4.69, 9.17) is 0 Å². The molecule has 0 saturated heterocycles. The first-order valence-corrected chi connectivity index (χ1v) is 9.75. The van der Waals surface area contributed by atoms with Crippen LogP contribution in [-0.2, 0) is 27.5 Å². The number of nitrogens with one attached hydrogen (secondary N) is 2. The van der Waals surface area contributed by atoms with Gasteiger partial charge in [0.25, 0.3) is 0 Å². The van der Waals surface area contributed by atoms with Crippen molar-refractivity contribution in [1.82, 2.24) is 10.0 Å². The summed E-state index contributed by atoms with van der Waals surface area (Å²) >= 11 is 0. The minimum Gasteiger partial charge on any atom is -0.508 e. The second-order valence-electron chi connectivity index (χ2n) is 6.18. The lowest BCUT2D eigenvalue weighted by Gasteiger charge is -2.15. The molecule has 0 spiro atoms. The molecule has 0 aliphatic heterocycles. The molecule has 0 aromatic heterocycles. The van der Waals surface area contributed by atoms with E-state index >= 15 is 0 Å². The van der Waals surface area contributed by atoms with Crippen LogP contribution in [0.2, 0.25) is 0 Å². The van der Waals surface area contributed by atoms with Crippen LogP contribution < -0.4 is 10.0 Å². The first-order valence-electron chi connectivity index (χ1n) is 8.26. The minimum absolute atomic E-state index is 0.0696. The van der Waals surface area contributed by atoms with Gasteiger partial charge in [0, 0.05) is 12.1 Å². The van der Waals surface area contributed by atoms with Gasteiger partial charge in [-0.25, -0.2) is 17.5 Å². The normalized spacial score (nSPS) is 13.2. The molecule has 1 unspecified atom stereocenters. The van der Waals surface area contributed by atoms with Crippen LogP contribution in [-0.4, -0.2) is 26.5 Å². The second-order valence-corrected chi connectivity index (χ2v) is 8.03. The van der Waals surface area contributed by atoms with Crippen LogP contribution in [0.5, 0.6) is 5.75 Å². The molecule has 11 heteroatoms. The molecule has 0 heterocycles. The molecule has 1 atom stereocenters. The van der Waals surface area contributed by atoms with E-state index in [1.54, 1.807) is 0 Å². The molecule has 0 aliphatic rings. The number of amides is 1. The number of phenols is 1. The van der Waals surface area contributed by atoms with Crippen LogP contribution in [0, 0.1) is 5.82 Å². The van der Waals surface area contributed by atoms with Crippen molar-refractivity contribution in [3.63, 3.8) is 0 Å². The Morgan fingerprint density at radius 1 is 1.17 bits per heavy atom. The quantitative estimate of drug-likeness (QED) is 0.610. The predicted molar refractivity (Wildman–Crippen MR) is 96.0 cm³/mol. The molecule has 0 fully saturated rings. The number of alkyl halides is 3. The number of sulfonamides is 1. The summed E-state index contributed by atoms with van der Waals surface area (Å²) in [5.41, 5.74) is -0.752. The van der Waals surface area contributed by atoms with Crippen LogP contribution in [0.3, 0.4) is 0 Å². The van der Waals surface area contributed by atoms with E-state index in [0.717, 1.165) is 31.3 Å². The molecular formula is C18H18F4N2O4S. The van der Waals surface area contributed by atoms with Gasteiger partial charge in [-0.1, -0.05) is 12.1 Å². The molecule has 2 aromatic carbocycles. The fraction of sp³-hybridized carbons (Fsp3) is 0.278. The summed E-state index contributed by atoms with van der Waals surface area (Å²) in [6.45, 7) is 1.20. The third-order valence-corrected chi connectivity index (χ3v) is 5.72. The monoisotopic (exact) mass is 434 g/mol. The van der Waals surface area contributed by atoms with Crippen molar-refractivity contribution in [1.29, 1.82) is 0 Å². The Hall–Kier alpha value is -2.66. The molecule has 3 N–H and O–H groups in total. The van der Waals surface area contributed by atoms with Gasteiger partial charge in [0.2, 0.25) is 15.9 Å². The lowest BCUT2D eigenvalue weighted by atomic mass is 10.00. The largest absolute Gasteiger partial charge is 0.508 e. The van der Waals surface area contributed by atoms with Gasteiger partial charge in [0.1, 0.15) is 16.5 Å². The standard InChI is InChI=1S/C18H18F4N2O4S/c1-10(11-4-6-16(14(19)7-11)29(27,28)23-2)17(26)24-9-12-3-5-13(8-15(12)25)18(20,21)22/h3-8,10,23,25H,9H2,1-2H3,(H,24,26). The zero-order valence-corrected chi connectivity index (χ0v) is 16.2. The molecule has 0 bridgehead atoms. The number of benzene rings is 2. The second kappa shape index (κ2) is 8.37. The summed E-state index contributed by atoms with van der Waals surface area (Å²) in [5.74, 6) is -3.13. The number of carbonyl (C=O) groups is 1. The Morgan fingerprint density at radius 3 is 2.34 bits per heavy atom. The van der Waals surface area contributed by atoms with Crippen LogP contribution in [0.15, 0.2) is 41.3 Å². The molecule has 2 aromatic rings. The highest BCUT2D eigenvalue weighted by Crippen LogP contribution is 2.32. The number of rotatable bonds is 6. The van der Waals surface area contributed by atoms with Crippen molar-refractivity contribution < 1.29 is 35.9 Å². The number of halogens is 4. The predicted octanol–water partition coefficient (Wildman–Crippen LogP) is 2.88. The number of hydrogen-bond donors (Lipinski definition) is 3. The van der Waals surface area contributed by atoms with Gasteiger partial charge < -0.3 is 10.4 Å². The van der Waals surface area contributed by atoms with E-state index in [1.165, 1.54) is 13.0 Å². The van der Waals surface area contributed by atoms with Gasteiger partial charge in [-0.2, -0.15) is 13.2 Å². The minimum atomic E-state index is -4.61. The summed E-state index contributed by atoms with van der Waals surface area (Å²) in [7, 11) is -2.86. The van der Waals surface area contributed by atoms with E-state index in [9.17, 15) is 35.9 Å². The number of hydrogen-bond acceptors (Lipinski definition) is 4. The van der Waals surface area contributed by atoms with Crippen molar-refractivity contribution in [3.05, 3.63) is 58.9 Å². The van der Waals surface area contributed by atoms with Gasteiger partial charge in [0.15, 0.2) is 0 Å². The molecule has 2 rings (SSSR count). The smallest absolute Gasteiger partial charge is 0.416 e. The van der Waals surface area contributed by atoms with E-state index in [1.807, 2.05) is 4.72 Å². The third-order valence-electron chi connectivity index (χ3n) is 4.27. The number of aromatic hydroxyl groups is 1. The van der Waals surface area contributed by atoms with Gasteiger partial charge in [-0.3, -0.25) is 4.79 Å². The molecule has 29 heavy (non-hydrogen) atoms. The average Bonchev–Trinajstić information content (AvgIpc) is 2.65. The SMILES string of the molecule is CNS(=O)(=O)c1ccc(C(C)C(=O)NCc2ccc(C(F)(F)F)cc2O)cc1F. The maximum Gasteiger partial charge on any atom is 0.416 e. The molecule has 0 radical (unpaired) electrons. The maximum atomic E-state index is 14.1. The topological polar surface area (TPSA) is 95.5 Å². The molecule has 6 nitrogen and oxygen atoms in total. The fourth-order valence-corrected chi connectivity index (χ4v) is 3.27. The van der Waals surface area contributed by atoms with E-state index in [2.05, 4.69) is 5.32 Å². The molecule has 1 amide bonds. The van der Waals surface area contributed by atoms with Crippen molar-refractivity contribution in [2.45, 2.75) is 30.5 Å². The Labute approximate surface area is 164 Å². The van der Waals surface area contributed by atoms with Gasteiger partial charge in [-0.05, 0) is 43.8 Å². The van der Waals surface area contributed by atoms with Crippen LogP contribution in [0.1, 0.15) is 29.5 Å². The zero-order chi connectivity index (χ0) is 22.0. The van der Waals surface area contributed by atoms with Crippen molar-refractivity contribution >= 4 is 15.9 Å². The third kappa shape index (κ3) is 5.24. The summed E-state index contributed by atoms with van der Waals surface area (Å²) in [6, 6.07) is 5.61. The Kier molecular flexibility index (Phi) is 6.53. The first kappa shape index (κ1) is 22.6. The van der Waals surface area contributed by atoms with Crippen molar-refractivity contribution in [2.75, 3.05) is 7.05 Å². The van der Waals surface area contributed by atoms with Crippen molar-refractivity contribution in [3.8, 4) is 5.75 Å². The summed E-state index contributed by atoms with van der Waals surface area (Å²) in [4.78, 5) is 11.7. The summed E-state index contributed by atoms with van der Waals surface area (Å²) < 4.78 is 77.3. The lowest BCUT2D eigenvalue weighted by Crippen LogP contribution is -2.28. The van der Waals surface area contributed by atoms with Crippen LogP contribution in [0.4, 0.5) is 17.6 Å². The molecule has 0 saturated carbocycles. The van der Waals surface area contributed by atoms with E-state index in [-0.39, 0.29) is 17.7 Å². The Bertz CT molecular complexity index is 1020. The maximum absolute atomic E-state index is 14.1. The highest BCUT2D eigenvalue weighted by molar-refractivity contribution is 7.89. The fourth-order valence-electron chi connectivity index (χ4n) is 2.49. The van der Waals surface area contributed by atoms with E-state index < -0.39 is 50.1 Å². The molecular weight excluding hydrogens is 416 g/mol. The Morgan fingerprint density at radius 2 is 1.83 bits per heavy atom. The molecule has 0 aliphatic carbocycles. The summed E-state index contributed by atoms with van der Waals surface area (Å²) in [5, 5.41) is 12.2. The van der Waals surface area contributed by atoms with Gasteiger partial charge in [-0.15, -0.1) is 0 Å². The first-order chi connectivity index (χ1) is 13.4. The average molecular weight is 434 g/mol. The number of phenolic OH excluding ortho intramolecular Hbond substituents is 1. The van der Waals surface area contributed by atoms with E-state index in [0.29, 0.717) is 6.07 Å². The highest BCUT2D eigenvalue weighted by atomic mass is 32.2. The Balaban J connectivity index is 2.11. The molecule has 158 valence electrons. The van der Waals surface area contributed by atoms with Gasteiger partial charge >= 0.3 is 6.18 Å². The number of carbonyl (C=O) groups excluding carboxylic acids is 1.